The molecule has 4 N–H and O–H groups in total. The highest BCUT2D eigenvalue weighted by Crippen LogP contribution is 2.33. The maximum absolute atomic E-state index is 9.85. The van der Waals surface area contributed by atoms with E-state index in [2.05, 4.69) is 4.98 Å². The molecular weight excluding hydrogens is 240 g/mol. The molecule has 96 valence electrons. The van der Waals surface area contributed by atoms with E-state index in [1.807, 2.05) is 30.3 Å². The number of nitrogens with two attached hydrogens (primary N) is 1. The first-order valence-corrected chi connectivity index (χ1v) is 5.93. The smallest absolute Gasteiger partial charge is 0.139 e. The number of anilines is 1. The standard InChI is InChI=1S/C15H14N2O2/c1-19-10-4-2-3-9(7-10)13-8-11-12(16)5-6-14(18)15(11)17-13/h2-8,17-18H,16H2,1H3. The van der Waals surface area contributed by atoms with Crippen LogP contribution in [-0.4, -0.2) is 17.2 Å². The zero-order valence-electron chi connectivity index (χ0n) is 10.5. The van der Waals surface area contributed by atoms with Gasteiger partial charge in [-0.25, -0.2) is 0 Å². The van der Waals surface area contributed by atoms with Crippen molar-refractivity contribution in [3.8, 4) is 22.8 Å². The number of phenols is 1. The second-order valence-corrected chi connectivity index (χ2v) is 4.38. The van der Waals surface area contributed by atoms with Gasteiger partial charge in [0.05, 0.1) is 12.6 Å². The van der Waals surface area contributed by atoms with Crippen LogP contribution < -0.4 is 10.5 Å². The van der Waals surface area contributed by atoms with Gasteiger partial charge in [0.25, 0.3) is 0 Å². The number of ether oxygens (including phenoxy) is 1. The topological polar surface area (TPSA) is 71.3 Å². The van der Waals surface area contributed by atoms with E-state index in [1.165, 1.54) is 0 Å². The van der Waals surface area contributed by atoms with Crippen LogP contribution in [0.1, 0.15) is 0 Å². The fourth-order valence-corrected chi connectivity index (χ4v) is 2.17. The van der Waals surface area contributed by atoms with Crippen LogP contribution in [0.5, 0.6) is 11.5 Å². The van der Waals surface area contributed by atoms with Crippen LogP contribution in [0.3, 0.4) is 0 Å². The largest absolute Gasteiger partial charge is 0.506 e. The lowest BCUT2D eigenvalue weighted by molar-refractivity contribution is 0.415. The van der Waals surface area contributed by atoms with E-state index >= 15 is 0 Å². The minimum Gasteiger partial charge on any atom is -0.506 e. The number of aromatic nitrogens is 1. The van der Waals surface area contributed by atoms with Gasteiger partial charge in [0.2, 0.25) is 0 Å². The number of phenolic OH excluding ortho intramolecular Hbond substituents is 1. The van der Waals surface area contributed by atoms with Crippen molar-refractivity contribution in [1.82, 2.24) is 4.98 Å². The molecule has 3 rings (SSSR count). The lowest BCUT2D eigenvalue weighted by atomic mass is 10.1. The zero-order valence-corrected chi connectivity index (χ0v) is 10.5. The molecule has 1 heterocycles. The highest BCUT2D eigenvalue weighted by molar-refractivity contribution is 5.98. The number of methoxy groups -OCH3 is 1. The molecule has 0 spiro atoms. The molecular formula is C15H14N2O2. The number of hydrogen-bond acceptors (Lipinski definition) is 3. The fraction of sp³-hybridized carbons (Fsp3) is 0.0667. The number of aromatic amines is 1. The molecule has 3 aromatic rings. The summed E-state index contributed by atoms with van der Waals surface area (Å²) in [6.07, 6.45) is 0. The Hall–Kier alpha value is -2.62. The third-order valence-electron chi connectivity index (χ3n) is 3.19. The molecule has 0 saturated heterocycles. The van der Waals surface area contributed by atoms with Gasteiger partial charge in [-0.3, -0.25) is 0 Å². The van der Waals surface area contributed by atoms with E-state index in [9.17, 15) is 5.11 Å². The summed E-state index contributed by atoms with van der Waals surface area (Å²) in [7, 11) is 1.63. The predicted molar refractivity (Wildman–Crippen MR) is 76.4 cm³/mol. The van der Waals surface area contributed by atoms with E-state index in [0.717, 1.165) is 22.4 Å². The first-order valence-electron chi connectivity index (χ1n) is 5.93. The van der Waals surface area contributed by atoms with Crippen molar-refractivity contribution >= 4 is 16.6 Å². The molecule has 0 atom stereocenters. The molecule has 0 fully saturated rings. The molecule has 0 bridgehead atoms. The van der Waals surface area contributed by atoms with Gasteiger partial charge < -0.3 is 20.6 Å². The first kappa shape index (κ1) is 11.5. The summed E-state index contributed by atoms with van der Waals surface area (Å²) in [5.74, 6) is 0.978. The molecule has 0 amide bonds. The summed E-state index contributed by atoms with van der Waals surface area (Å²) in [5.41, 5.74) is 9.08. The number of benzene rings is 2. The van der Waals surface area contributed by atoms with Gasteiger partial charge in [0, 0.05) is 22.3 Å². The quantitative estimate of drug-likeness (QED) is 0.486. The number of nitrogens with one attached hydrogen (secondary N) is 1. The molecule has 4 heteroatoms. The Morgan fingerprint density at radius 2 is 2.00 bits per heavy atom. The van der Waals surface area contributed by atoms with Gasteiger partial charge in [0.1, 0.15) is 11.5 Å². The number of rotatable bonds is 2. The van der Waals surface area contributed by atoms with Crippen molar-refractivity contribution in [2.45, 2.75) is 0 Å². The molecule has 0 aliphatic heterocycles. The maximum Gasteiger partial charge on any atom is 0.139 e. The number of H-pyrrole nitrogens is 1. The van der Waals surface area contributed by atoms with E-state index in [0.29, 0.717) is 11.2 Å². The van der Waals surface area contributed by atoms with Crippen LogP contribution in [0, 0.1) is 0 Å². The molecule has 0 aliphatic rings. The normalized spacial score (nSPS) is 10.8. The Morgan fingerprint density at radius 3 is 2.74 bits per heavy atom. The lowest BCUT2D eigenvalue weighted by Crippen LogP contribution is -1.84. The molecule has 0 radical (unpaired) electrons. The van der Waals surface area contributed by atoms with Gasteiger partial charge in [-0.05, 0) is 30.3 Å². The predicted octanol–water partition coefficient (Wildman–Crippen LogP) is 3.13. The average molecular weight is 254 g/mol. The summed E-state index contributed by atoms with van der Waals surface area (Å²) >= 11 is 0. The fourth-order valence-electron chi connectivity index (χ4n) is 2.17. The third kappa shape index (κ3) is 1.87. The molecule has 0 unspecified atom stereocenters. The Bertz CT molecular complexity index is 708. The van der Waals surface area contributed by atoms with Crippen molar-refractivity contribution < 1.29 is 9.84 Å². The monoisotopic (exact) mass is 254 g/mol. The van der Waals surface area contributed by atoms with E-state index in [4.69, 9.17) is 10.5 Å². The molecule has 1 aromatic heterocycles. The zero-order chi connectivity index (χ0) is 13.4. The number of hydrogen-bond donors (Lipinski definition) is 3. The number of fused-ring (bicyclic) bond motifs is 1. The maximum atomic E-state index is 9.85. The second-order valence-electron chi connectivity index (χ2n) is 4.38. The Morgan fingerprint density at radius 1 is 1.16 bits per heavy atom. The third-order valence-corrected chi connectivity index (χ3v) is 3.19. The average Bonchev–Trinajstić information content (AvgIpc) is 2.89. The SMILES string of the molecule is COc1cccc(-c2cc3c(N)ccc(O)c3[nH]2)c1. The summed E-state index contributed by atoms with van der Waals surface area (Å²) in [6, 6.07) is 12.9. The highest BCUT2D eigenvalue weighted by Gasteiger charge is 2.09. The van der Waals surface area contributed by atoms with E-state index in [-0.39, 0.29) is 5.75 Å². The molecule has 0 saturated carbocycles. The van der Waals surface area contributed by atoms with Crippen molar-refractivity contribution in [3.63, 3.8) is 0 Å². The summed E-state index contributed by atoms with van der Waals surface area (Å²) < 4.78 is 5.21. The minimum atomic E-state index is 0.193. The van der Waals surface area contributed by atoms with Crippen molar-refractivity contribution in [3.05, 3.63) is 42.5 Å². The number of nitrogen functional groups attached to an aromatic ring is 1. The lowest BCUT2D eigenvalue weighted by Gasteiger charge is -2.02. The summed E-state index contributed by atoms with van der Waals surface area (Å²) in [6.45, 7) is 0. The van der Waals surface area contributed by atoms with Crippen molar-refractivity contribution in [2.75, 3.05) is 12.8 Å². The van der Waals surface area contributed by atoms with Gasteiger partial charge in [-0.2, -0.15) is 0 Å². The molecule has 19 heavy (non-hydrogen) atoms. The van der Waals surface area contributed by atoms with Gasteiger partial charge >= 0.3 is 0 Å². The molecule has 0 aliphatic carbocycles. The van der Waals surface area contributed by atoms with Gasteiger partial charge in [-0.15, -0.1) is 0 Å². The Labute approximate surface area is 110 Å². The molecule has 4 nitrogen and oxygen atoms in total. The number of aromatic hydroxyl groups is 1. The van der Waals surface area contributed by atoms with Crippen LogP contribution >= 0.6 is 0 Å². The summed E-state index contributed by atoms with van der Waals surface area (Å²) in [5, 5.41) is 10.7. The van der Waals surface area contributed by atoms with E-state index in [1.54, 1.807) is 19.2 Å². The van der Waals surface area contributed by atoms with Crippen LogP contribution in [0.15, 0.2) is 42.5 Å². The summed E-state index contributed by atoms with van der Waals surface area (Å²) in [4.78, 5) is 3.19. The molecule has 2 aromatic carbocycles. The highest BCUT2D eigenvalue weighted by atomic mass is 16.5. The van der Waals surface area contributed by atoms with Gasteiger partial charge in [-0.1, -0.05) is 12.1 Å². The van der Waals surface area contributed by atoms with Crippen LogP contribution in [0.2, 0.25) is 0 Å². The second kappa shape index (κ2) is 4.24. The van der Waals surface area contributed by atoms with Crippen molar-refractivity contribution in [2.24, 2.45) is 0 Å². The van der Waals surface area contributed by atoms with E-state index < -0.39 is 0 Å². The Kier molecular flexibility index (Phi) is 2.56. The first-order chi connectivity index (χ1) is 9.19. The minimum absolute atomic E-state index is 0.193. The van der Waals surface area contributed by atoms with Crippen molar-refractivity contribution in [1.29, 1.82) is 0 Å². The van der Waals surface area contributed by atoms with Crippen LogP contribution in [0.25, 0.3) is 22.2 Å². The van der Waals surface area contributed by atoms with Crippen LogP contribution in [-0.2, 0) is 0 Å². The van der Waals surface area contributed by atoms with Gasteiger partial charge in [0.15, 0.2) is 0 Å². The van der Waals surface area contributed by atoms with Crippen LogP contribution in [0.4, 0.5) is 5.69 Å². The Balaban J connectivity index is 2.20.